The number of halogens is 1. The van der Waals surface area contributed by atoms with Gasteiger partial charge in [-0.1, -0.05) is 6.07 Å². The van der Waals surface area contributed by atoms with Crippen molar-refractivity contribution >= 4 is 33.8 Å². The maximum atomic E-state index is 12.6. The first-order valence-corrected chi connectivity index (χ1v) is 8.78. The number of pyridine rings is 1. The zero-order valence-electron chi connectivity index (χ0n) is 12.2. The van der Waals surface area contributed by atoms with E-state index in [1.54, 1.807) is 49.9 Å². The van der Waals surface area contributed by atoms with Crippen molar-refractivity contribution in [3.8, 4) is 10.4 Å². The van der Waals surface area contributed by atoms with Gasteiger partial charge in [0.05, 0.1) is 18.4 Å². The minimum atomic E-state index is -3.53. The van der Waals surface area contributed by atoms with Crippen LogP contribution in [-0.4, -0.2) is 35.0 Å². The van der Waals surface area contributed by atoms with Gasteiger partial charge in [-0.3, -0.25) is 10.1 Å². The van der Waals surface area contributed by atoms with Gasteiger partial charge in [0.2, 0.25) is 0 Å². The van der Waals surface area contributed by atoms with Crippen LogP contribution >= 0.6 is 23.7 Å². The van der Waals surface area contributed by atoms with Gasteiger partial charge in [-0.25, -0.2) is 8.42 Å². The number of nitrogens with zero attached hydrogens (tertiary/aromatic N) is 3. The summed E-state index contributed by atoms with van der Waals surface area (Å²) in [6.45, 7) is 0.238. The highest BCUT2D eigenvalue weighted by Crippen LogP contribution is 2.31. The van der Waals surface area contributed by atoms with Crippen LogP contribution in [0, 0.1) is 0 Å². The van der Waals surface area contributed by atoms with Crippen molar-refractivity contribution in [2.24, 2.45) is 0 Å². The summed E-state index contributed by atoms with van der Waals surface area (Å²) in [6.07, 6.45) is 5.05. The van der Waals surface area contributed by atoms with Crippen molar-refractivity contribution < 1.29 is 8.42 Å². The van der Waals surface area contributed by atoms with Crippen LogP contribution in [0.25, 0.3) is 10.4 Å². The van der Waals surface area contributed by atoms with Crippen molar-refractivity contribution in [2.45, 2.75) is 10.8 Å². The van der Waals surface area contributed by atoms with Crippen molar-refractivity contribution in [1.82, 2.24) is 19.5 Å². The molecule has 122 valence electrons. The second-order valence-electron chi connectivity index (χ2n) is 4.69. The third kappa shape index (κ3) is 3.78. The number of thiophene rings is 1. The molecular formula is C14H15ClN4O2S2. The summed E-state index contributed by atoms with van der Waals surface area (Å²) in [4.78, 5) is 5.02. The Labute approximate surface area is 144 Å². The molecule has 0 bridgehead atoms. The van der Waals surface area contributed by atoms with Crippen LogP contribution in [0.15, 0.2) is 53.1 Å². The lowest BCUT2D eigenvalue weighted by molar-refractivity contribution is 0.464. The number of H-pyrrole nitrogens is 1. The zero-order chi connectivity index (χ0) is 15.6. The lowest BCUT2D eigenvalue weighted by atomic mass is 10.3. The zero-order valence-corrected chi connectivity index (χ0v) is 14.7. The maximum absolute atomic E-state index is 12.6. The number of aromatic nitrogens is 3. The number of aromatic amines is 1. The molecule has 9 heteroatoms. The molecular weight excluding hydrogens is 356 g/mol. The van der Waals surface area contributed by atoms with Gasteiger partial charge in [0.1, 0.15) is 4.21 Å². The fraction of sp³-hybridized carbons (Fsp3) is 0.143. The minimum absolute atomic E-state index is 0. The van der Waals surface area contributed by atoms with E-state index in [0.717, 1.165) is 10.4 Å². The second-order valence-corrected chi connectivity index (χ2v) is 8.04. The average Bonchev–Trinajstić information content (AvgIpc) is 3.19. The molecule has 3 rings (SSSR count). The monoisotopic (exact) mass is 370 g/mol. The standard InChI is InChI=1S/C14H14N4O2S2.ClH/c1-18(10-12-4-2-3-7-15-12)22(19,20)14-6-5-13(21-14)11-8-16-17-9-11;/h2-9H,10H2,1H3,(H,16,17);1H. The van der Waals surface area contributed by atoms with Crippen LogP contribution in [0.3, 0.4) is 0 Å². The average molecular weight is 371 g/mol. The molecule has 0 aliphatic rings. The highest BCUT2D eigenvalue weighted by molar-refractivity contribution is 7.91. The molecule has 3 aromatic heterocycles. The van der Waals surface area contributed by atoms with E-state index in [1.807, 2.05) is 6.07 Å². The van der Waals surface area contributed by atoms with Gasteiger partial charge in [0.15, 0.2) is 0 Å². The summed E-state index contributed by atoms with van der Waals surface area (Å²) >= 11 is 1.23. The Morgan fingerprint density at radius 3 is 2.74 bits per heavy atom. The number of hydrogen-bond donors (Lipinski definition) is 1. The lowest BCUT2D eigenvalue weighted by Gasteiger charge is -2.15. The number of rotatable bonds is 5. The van der Waals surface area contributed by atoms with Gasteiger partial charge < -0.3 is 0 Å². The Kier molecular flexibility index (Phi) is 5.53. The van der Waals surface area contributed by atoms with Crippen LogP contribution < -0.4 is 0 Å². The van der Waals surface area contributed by atoms with Crippen molar-refractivity contribution in [1.29, 1.82) is 0 Å². The quantitative estimate of drug-likeness (QED) is 0.749. The second kappa shape index (κ2) is 7.22. The first kappa shape index (κ1) is 17.6. The molecule has 0 aliphatic heterocycles. The van der Waals surface area contributed by atoms with Crippen LogP contribution in [0.1, 0.15) is 5.69 Å². The topological polar surface area (TPSA) is 79.0 Å². The largest absolute Gasteiger partial charge is 0.285 e. The molecule has 6 nitrogen and oxygen atoms in total. The summed E-state index contributed by atoms with van der Waals surface area (Å²) < 4.78 is 26.8. The Morgan fingerprint density at radius 2 is 2.09 bits per heavy atom. The van der Waals surface area contributed by atoms with Gasteiger partial charge in [0, 0.05) is 29.9 Å². The van der Waals surface area contributed by atoms with Crippen molar-refractivity contribution in [3.63, 3.8) is 0 Å². The van der Waals surface area contributed by atoms with E-state index >= 15 is 0 Å². The normalized spacial score (nSPS) is 11.4. The molecule has 0 spiro atoms. The Bertz CT molecular complexity index is 848. The van der Waals surface area contributed by atoms with Crippen LogP contribution in [-0.2, 0) is 16.6 Å². The van der Waals surface area contributed by atoms with Gasteiger partial charge in [-0.05, 0) is 24.3 Å². The van der Waals surface area contributed by atoms with E-state index in [4.69, 9.17) is 0 Å². The summed E-state index contributed by atoms with van der Waals surface area (Å²) in [7, 11) is -1.97. The number of hydrogen-bond acceptors (Lipinski definition) is 5. The van der Waals surface area contributed by atoms with Crippen LogP contribution in [0.2, 0.25) is 0 Å². The molecule has 0 unspecified atom stereocenters. The molecule has 0 atom stereocenters. The van der Waals surface area contributed by atoms with Crippen molar-refractivity contribution in [3.05, 3.63) is 54.6 Å². The Balaban J connectivity index is 0.00000192. The first-order valence-electron chi connectivity index (χ1n) is 6.52. The fourth-order valence-corrected chi connectivity index (χ4v) is 4.60. The fourth-order valence-electron chi connectivity index (χ4n) is 1.96. The molecule has 0 aliphatic carbocycles. The van der Waals surface area contributed by atoms with Gasteiger partial charge in [-0.15, -0.1) is 23.7 Å². The predicted octanol–water partition coefficient (Wildman–Crippen LogP) is 2.78. The van der Waals surface area contributed by atoms with Crippen LogP contribution in [0.4, 0.5) is 0 Å². The van der Waals surface area contributed by atoms with E-state index in [0.29, 0.717) is 9.90 Å². The van der Waals surface area contributed by atoms with Gasteiger partial charge >= 0.3 is 0 Å². The smallest absolute Gasteiger partial charge is 0.252 e. The third-order valence-electron chi connectivity index (χ3n) is 3.14. The number of nitrogens with one attached hydrogen (secondary N) is 1. The summed E-state index contributed by atoms with van der Waals surface area (Å²) in [5.74, 6) is 0. The Hall–Kier alpha value is -1.74. The molecule has 0 amide bonds. The van der Waals surface area contributed by atoms with Crippen LogP contribution in [0.5, 0.6) is 0 Å². The molecule has 1 N–H and O–H groups in total. The Morgan fingerprint density at radius 1 is 1.26 bits per heavy atom. The van der Waals surface area contributed by atoms with Gasteiger partial charge in [0.25, 0.3) is 10.0 Å². The molecule has 3 heterocycles. The lowest BCUT2D eigenvalue weighted by Crippen LogP contribution is -2.26. The predicted molar refractivity (Wildman–Crippen MR) is 92.0 cm³/mol. The summed E-state index contributed by atoms with van der Waals surface area (Å²) in [5.41, 5.74) is 1.58. The van der Waals surface area contributed by atoms with E-state index in [2.05, 4.69) is 15.2 Å². The molecule has 0 fully saturated rings. The van der Waals surface area contributed by atoms with E-state index in [9.17, 15) is 8.42 Å². The molecule has 0 aromatic carbocycles. The third-order valence-corrected chi connectivity index (χ3v) is 6.54. The highest BCUT2D eigenvalue weighted by atomic mass is 35.5. The first-order chi connectivity index (χ1) is 10.6. The summed E-state index contributed by atoms with van der Waals surface area (Å²) in [6, 6.07) is 8.85. The van der Waals surface area contributed by atoms with Crippen molar-refractivity contribution in [2.75, 3.05) is 7.05 Å². The number of sulfonamides is 1. The molecule has 0 saturated carbocycles. The highest BCUT2D eigenvalue weighted by Gasteiger charge is 2.23. The molecule has 0 radical (unpaired) electrons. The molecule has 3 aromatic rings. The molecule has 0 saturated heterocycles. The van der Waals surface area contributed by atoms with E-state index < -0.39 is 10.0 Å². The molecule has 23 heavy (non-hydrogen) atoms. The van der Waals surface area contributed by atoms with E-state index in [1.165, 1.54) is 15.6 Å². The SMILES string of the molecule is CN(Cc1ccccn1)S(=O)(=O)c1ccc(-c2cn[nH]c2)s1.Cl. The van der Waals surface area contributed by atoms with Gasteiger partial charge in [-0.2, -0.15) is 9.40 Å². The summed E-state index contributed by atoms with van der Waals surface area (Å²) in [5, 5.41) is 6.59. The minimum Gasteiger partial charge on any atom is -0.285 e. The van der Waals surface area contributed by atoms with E-state index in [-0.39, 0.29) is 19.0 Å². The maximum Gasteiger partial charge on any atom is 0.252 e.